The molecule has 266 valence electrons. The first-order valence-electron chi connectivity index (χ1n) is 17.1. The van der Waals surface area contributed by atoms with Crippen molar-refractivity contribution >= 4 is 49.9 Å². The van der Waals surface area contributed by atoms with Crippen LogP contribution in [0.5, 0.6) is 0 Å². The van der Waals surface area contributed by atoms with Crippen LogP contribution in [0.3, 0.4) is 0 Å². The molecule has 5 heterocycles. The van der Waals surface area contributed by atoms with Crippen molar-refractivity contribution < 1.29 is 31.9 Å². The molecule has 0 saturated carbocycles. The quantitative estimate of drug-likeness (QED) is 0.138. The Morgan fingerprint density at radius 2 is 1.37 bits per heavy atom. The predicted molar refractivity (Wildman–Crippen MR) is 194 cm³/mol. The van der Waals surface area contributed by atoms with Crippen molar-refractivity contribution in [3.05, 3.63) is 123 Å². The van der Waals surface area contributed by atoms with Crippen LogP contribution in [-0.2, 0) is 16.5 Å². The summed E-state index contributed by atoms with van der Waals surface area (Å²) in [6, 6.07) is 22.1. The number of carbonyl (C=O) groups is 2. The molecule has 0 N–H and O–H groups in total. The summed E-state index contributed by atoms with van der Waals surface area (Å²) in [5.41, 5.74) is 1.28. The number of fused-ring (bicyclic) bond motifs is 7. The molecule has 1 amide bonds. The summed E-state index contributed by atoms with van der Waals surface area (Å²) in [6.45, 7) is 3.75. The maximum Gasteiger partial charge on any atom is 0.417 e. The Bertz CT molecular complexity index is 2370. The highest BCUT2D eigenvalue weighted by Crippen LogP contribution is 2.70. The predicted octanol–water partition coefficient (Wildman–Crippen LogP) is 7.77. The Labute approximate surface area is 298 Å². The molecule has 0 aliphatic carbocycles. The second kappa shape index (κ2) is 11.1. The number of halogens is 3. The van der Waals surface area contributed by atoms with E-state index in [2.05, 4.69) is 58.7 Å². The molecule has 1 spiro atoms. The number of methoxy groups -OCH3 is 1. The van der Waals surface area contributed by atoms with Gasteiger partial charge in [0.15, 0.2) is 0 Å². The topological polar surface area (TPSA) is 83.3 Å². The van der Waals surface area contributed by atoms with Crippen LogP contribution in [0.2, 0.25) is 0 Å². The van der Waals surface area contributed by atoms with Crippen LogP contribution in [0.1, 0.15) is 55.8 Å². The van der Waals surface area contributed by atoms with E-state index in [-0.39, 0.29) is 22.2 Å². The van der Waals surface area contributed by atoms with Gasteiger partial charge >= 0.3 is 17.8 Å². The van der Waals surface area contributed by atoms with Crippen LogP contribution in [-0.4, -0.2) is 57.7 Å². The van der Waals surface area contributed by atoms with E-state index in [0.29, 0.717) is 17.2 Å². The highest BCUT2D eigenvalue weighted by Gasteiger charge is 2.58. The van der Waals surface area contributed by atoms with Crippen LogP contribution in [0.25, 0.3) is 11.0 Å². The minimum atomic E-state index is -4.81. The first-order valence-corrected chi connectivity index (χ1v) is 19.5. The number of hydrogen-bond donors (Lipinski definition) is 0. The molecule has 2 saturated heterocycles. The van der Waals surface area contributed by atoms with Crippen LogP contribution in [0.4, 0.5) is 30.2 Å². The number of rotatable bonds is 4. The zero-order valence-corrected chi connectivity index (χ0v) is 29.5. The van der Waals surface area contributed by atoms with Gasteiger partial charge in [-0.05, 0) is 91.1 Å². The van der Waals surface area contributed by atoms with Gasteiger partial charge in [0, 0.05) is 81.7 Å². The Morgan fingerprint density at radius 1 is 0.769 bits per heavy atom. The van der Waals surface area contributed by atoms with Gasteiger partial charge in [-0.2, -0.15) is 23.2 Å². The first-order chi connectivity index (χ1) is 24.8. The fourth-order valence-electron chi connectivity index (χ4n) is 8.31. The van der Waals surface area contributed by atoms with E-state index in [1.165, 1.54) is 25.3 Å². The molecule has 5 aromatic rings. The zero-order chi connectivity index (χ0) is 36.3. The number of anilines is 3. The van der Waals surface area contributed by atoms with Crippen LogP contribution < -0.4 is 20.3 Å². The number of ether oxygens (including phenoxy) is 1. The van der Waals surface area contributed by atoms with E-state index in [9.17, 15) is 22.8 Å². The summed E-state index contributed by atoms with van der Waals surface area (Å²) in [5.74, 6) is -0.982. The minimum Gasteiger partial charge on any atom is -0.465 e. The lowest BCUT2D eigenvalue weighted by Crippen LogP contribution is -2.49. The summed E-state index contributed by atoms with van der Waals surface area (Å²) in [5, 5.41) is -0.296. The molecule has 0 unspecified atom stereocenters. The largest absolute Gasteiger partial charge is 0.465 e. The van der Waals surface area contributed by atoms with Gasteiger partial charge in [0.05, 0.1) is 18.2 Å². The van der Waals surface area contributed by atoms with E-state index in [1.807, 2.05) is 0 Å². The van der Waals surface area contributed by atoms with Gasteiger partial charge in [0.2, 0.25) is 0 Å². The Hall–Kier alpha value is -5.23. The number of nitrogens with zero attached hydrogens (tertiary/aromatic N) is 3. The van der Waals surface area contributed by atoms with Gasteiger partial charge in [0.25, 0.3) is 5.91 Å². The molecular formula is C40H34F3N3O5S. The highest BCUT2D eigenvalue weighted by atomic mass is 32.3. The SMILES string of the molecule is COC(=O)c1ccc2c(c1)C1(c3ccc(N4CCC4)cc3S(C)(C)c3cc(N4CCC4)ccc31)N(c1ccc3c(C(F)(F)F)cc(=O)oc3c1)C2=O. The molecule has 9 rings (SSSR count). The first kappa shape index (κ1) is 32.7. The maximum atomic E-state index is 15.0. The molecule has 1 aromatic heterocycles. The molecule has 8 nitrogen and oxygen atoms in total. The monoisotopic (exact) mass is 725 g/mol. The number of esters is 1. The number of hydrogen-bond acceptors (Lipinski definition) is 7. The zero-order valence-electron chi connectivity index (χ0n) is 28.7. The third-order valence-electron chi connectivity index (χ3n) is 11.1. The standard InChI is InChI=1S/C40H34F3N3O5S/c1-50-38(49)23-6-10-28-31(18-23)39(46(37(28)48)26-7-11-27-32(40(41,42)43)22-36(47)51-33(27)19-26)29-12-8-24(44-14-4-15-44)20-34(29)52(2,3)35-21-25(9-13-30(35)39)45-16-5-17-45/h6-13,18-22H,4-5,14-17H2,1-3H3. The molecule has 0 atom stereocenters. The van der Waals surface area contributed by atoms with E-state index in [4.69, 9.17) is 9.15 Å². The fourth-order valence-corrected chi connectivity index (χ4v) is 10.9. The number of alkyl halides is 3. The summed E-state index contributed by atoms with van der Waals surface area (Å²) in [6.07, 6.45) is 1.90. The number of amides is 1. The Balaban J connectivity index is 1.39. The second-order valence-electron chi connectivity index (χ2n) is 14.1. The molecule has 0 bridgehead atoms. The van der Waals surface area contributed by atoms with E-state index < -0.39 is 44.8 Å². The maximum absolute atomic E-state index is 15.0. The average Bonchev–Trinajstić information content (AvgIpc) is 3.32. The van der Waals surface area contributed by atoms with Crippen molar-refractivity contribution in [2.24, 2.45) is 0 Å². The van der Waals surface area contributed by atoms with Crippen molar-refractivity contribution in [2.75, 3.05) is 60.5 Å². The molecule has 0 radical (unpaired) electrons. The van der Waals surface area contributed by atoms with Crippen molar-refractivity contribution in [3.63, 3.8) is 0 Å². The smallest absolute Gasteiger partial charge is 0.417 e. The highest BCUT2D eigenvalue weighted by molar-refractivity contribution is 8.32. The fraction of sp³-hybridized carbons (Fsp3) is 0.275. The normalized spacial score (nSPS) is 18.7. The third kappa shape index (κ3) is 4.45. The summed E-state index contributed by atoms with van der Waals surface area (Å²) in [4.78, 5) is 48.9. The van der Waals surface area contributed by atoms with E-state index in [1.54, 1.807) is 23.1 Å². The molecule has 12 heteroatoms. The molecule has 4 aliphatic rings. The van der Waals surface area contributed by atoms with Crippen LogP contribution in [0, 0.1) is 0 Å². The third-order valence-corrected chi connectivity index (χ3v) is 14.0. The van der Waals surface area contributed by atoms with Crippen LogP contribution in [0.15, 0.2) is 97.9 Å². The molecule has 2 fully saturated rings. The molecular weight excluding hydrogens is 692 g/mol. The van der Waals surface area contributed by atoms with Crippen molar-refractivity contribution in [2.45, 2.75) is 34.3 Å². The van der Waals surface area contributed by atoms with Gasteiger partial charge in [-0.15, -0.1) is 0 Å². The van der Waals surface area contributed by atoms with Gasteiger partial charge < -0.3 is 19.0 Å². The van der Waals surface area contributed by atoms with Crippen molar-refractivity contribution in [1.29, 1.82) is 0 Å². The summed E-state index contributed by atoms with van der Waals surface area (Å²) in [7, 11) is -0.434. The minimum absolute atomic E-state index is 0.237. The van der Waals surface area contributed by atoms with Crippen LogP contribution >= 0.6 is 10.0 Å². The Morgan fingerprint density at radius 3 is 1.90 bits per heavy atom. The van der Waals surface area contributed by atoms with Gasteiger partial charge in [-0.3, -0.25) is 9.69 Å². The lowest BCUT2D eigenvalue weighted by Gasteiger charge is -2.52. The van der Waals surface area contributed by atoms with E-state index >= 15 is 4.79 Å². The molecule has 4 aliphatic heterocycles. The average molecular weight is 726 g/mol. The second-order valence-corrected chi connectivity index (χ2v) is 17.7. The summed E-state index contributed by atoms with van der Waals surface area (Å²) >= 11 is 0. The summed E-state index contributed by atoms with van der Waals surface area (Å²) < 4.78 is 52.8. The number of benzene rings is 4. The lowest BCUT2D eigenvalue weighted by atomic mass is 9.75. The van der Waals surface area contributed by atoms with Gasteiger partial charge in [-0.25, -0.2) is 9.59 Å². The van der Waals surface area contributed by atoms with Crippen molar-refractivity contribution in [1.82, 2.24) is 0 Å². The Kier molecular flexibility index (Phi) is 6.99. The van der Waals surface area contributed by atoms with Crippen molar-refractivity contribution in [3.8, 4) is 0 Å². The molecule has 4 aromatic carbocycles. The van der Waals surface area contributed by atoms with Gasteiger partial charge in [-0.1, -0.05) is 12.1 Å². The number of carbonyl (C=O) groups excluding carboxylic acids is 2. The van der Waals surface area contributed by atoms with Gasteiger partial charge in [0.1, 0.15) is 11.1 Å². The lowest BCUT2D eigenvalue weighted by molar-refractivity contribution is -0.136. The van der Waals surface area contributed by atoms with E-state index in [0.717, 1.165) is 71.3 Å². The molecule has 52 heavy (non-hydrogen) atoms.